The van der Waals surface area contributed by atoms with Crippen molar-refractivity contribution in [3.05, 3.63) is 100 Å². The van der Waals surface area contributed by atoms with Crippen LogP contribution in [-0.2, 0) is 5.41 Å². The summed E-state index contributed by atoms with van der Waals surface area (Å²) < 4.78 is 5.43. The Kier molecular flexibility index (Phi) is 5.00. The summed E-state index contributed by atoms with van der Waals surface area (Å²) in [6, 6.07) is 24.0. The fourth-order valence-electron chi connectivity index (χ4n) is 3.35. The van der Waals surface area contributed by atoms with E-state index in [4.69, 9.17) is 4.42 Å². The molecule has 0 spiro atoms. The second kappa shape index (κ2) is 7.64. The third-order valence-corrected chi connectivity index (χ3v) is 5.09. The zero-order valence-corrected chi connectivity index (χ0v) is 17.2. The van der Waals surface area contributed by atoms with Gasteiger partial charge in [0.2, 0.25) is 0 Å². The smallest absolute Gasteiger partial charge is 0.344 e. The summed E-state index contributed by atoms with van der Waals surface area (Å²) in [4.78, 5) is 25.1. The Hall–Kier alpha value is -3.66. The number of benzene rings is 3. The van der Waals surface area contributed by atoms with Gasteiger partial charge in [-0.25, -0.2) is 4.79 Å². The molecule has 4 heteroatoms. The molecule has 0 aliphatic rings. The van der Waals surface area contributed by atoms with Gasteiger partial charge in [-0.3, -0.25) is 4.79 Å². The molecule has 4 aromatic rings. The molecule has 1 aromatic heterocycles. The first-order chi connectivity index (χ1) is 14.3. The molecule has 3 aromatic carbocycles. The summed E-state index contributed by atoms with van der Waals surface area (Å²) in [6.45, 7) is 6.41. The minimum Gasteiger partial charge on any atom is -0.422 e. The monoisotopic (exact) mass is 397 g/mol. The van der Waals surface area contributed by atoms with Crippen LogP contribution in [0.3, 0.4) is 0 Å². The molecule has 1 N–H and O–H groups in total. The Labute approximate surface area is 175 Å². The Balaban J connectivity index is 1.60. The minimum atomic E-state index is -0.407. The largest absolute Gasteiger partial charge is 0.422 e. The second-order valence-electron chi connectivity index (χ2n) is 8.35. The Bertz CT molecular complexity index is 1280. The first-order valence-corrected chi connectivity index (χ1v) is 9.86. The summed E-state index contributed by atoms with van der Waals surface area (Å²) in [5.74, 6) is -0.196. The molecule has 150 valence electrons. The zero-order valence-electron chi connectivity index (χ0n) is 17.2. The van der Waals surface area contributed by atoms with E-state index in [9.17, 15) is 9.59 Å². The van der Waals surface area contributed by atoms with Crippen molar-refractivity contribution in [1.29, 1.82) is 0 Å². The number of rotatable bonds is 3. The number of fused-ring (bicyclic) bond motifs is 1. The number of anilines is 1. The van der Waals surface area contributed by atoms with Gasteiger partial charge in [-0.2, -0.15) is 0 Å². The fourth-order valence-corrected chi connectivity index (χ4v) is 3.35. The quantitative estimate of drug-likeness (QED) is 0.431. The van der Waals surface area contributed by atoms with Gasteiger partial charge in [0.25, 0.3) is 5.91 Å². The molecule has 0 bridgehead atoms. The SMILES string of the molecule is CC(C)(C)c1ccc(C(=O)Nc2cccc(-c3cc4ccccc4oc3=O)c2)cc1. The lowest BCUT2D eigenvalue weighted by molar-refractivity contribution is 0.102. The van der Waals surface area contributed by atoms with Crippen LogP contribution in [0.4, 0.5) is 5.69 Å². The molecule has 0 atom stereocenters. The van der Waals surface area contributed by atoms with Crippen LogP contribution < -0.4 is 10.9 Å². The van der Waals surface area contributed by atoms with Crippen molar-refractivity contribution in [3.63, 3.8) is 0 Å². The molecule has 0 aliphatic carbocycles. The number of amides is 1. The first kappa shape index (κ1) is 19.6. The molecule has 0 radical (unpaired) electrons. The van der Waals surface area contributed by atoms with Crippen LogP contribution in [0.2, 0.25) is 0 Å². The van der Waals surface area contributed by atoms with Gasteiger partial charge in [0, 0.05) is 16.6 Å². The molecule has 0 unspecified atom stereocenters. The van der Waals surface area contributed by atoms with Crippen molar-refractivity contribution in [2.24, 2.45) is 0 Å². The van der Waals surface area contributed by atoms with Crippen LogP contribution >= 0.6 is 0 Å². The highest BCUT2D eigenvalue weighted by Crippen LogP contribution is 2.25. The van der Waals surface area contributed by atoms with Gasteiger partial charge in [-0.05, 0) is 52.9 Å². The molecule has 0 saturated carbocycles. The highest BCUT2D eigenvalue weighted by atomic mass is 16.4. The van der Waals surface area contributed by atoms with E-state index in [0.717, 1.165) is 5.39 Å². The summed E-state index contributed by atoms with van der Waals surface area (Å²) >= 11 is 0. The van der Waals surface area contributed by atoms with E-state index >= 15 is 0 Å². The third-order valence-electron chi connectivity index (χ3n) is 5.09. The number of para-hydroxylation sites is 1. The average Bonchev–Trinajstić information content (AvgIpc) is 2.73. The van der Waals surface area contributed by atoms with Crippen molar-refractivity contribution in [2.75, 3.05) is 5.32 Å². The van der Waals surface area contributed by atoms with Gasteiger partial charge in [0.1, 0.15) is 5.58 Å². The van der Waals surface area contributed by atoms with Crippen molar-refractivity contribution >= 4 is 22.6 Å². The number of carbonyl (C=O) groups excluding carboxylic acids is 1. The molecule has 30 heavy (non-hydrogen) atoms. The molecule has 0 fully saturated rings. The molecule has 1 amide bonds. The van der Waals surface area contributed by atoms with Crippen molar-refractivity contribution < 1.29 is 9.21 Å². The lowest BCUT2D eigenvalue weighted by atomic mass is 9.87. The van der Waals surface area contributed by atoms with Gasteiger partial charge < -0.3 is 9.73 Å². The van der Waals surface area contributed by atoms with Crippen molar-refractivity contribution in [3.8, 4) is 11.1 Å². The van der Waals surface area contributed by atoms with Crippen LogP contribution in [0.15, 0.2) is 88.1 Å². The molecular formula is C26H23NO3. The predicted molar refractivity (Wildman–Crippen MR) is 121 cm³/mol. The molecule has 0 saturated heterocycles. The van der Waals surface area contributed by atoms with E-state index in [-0.39, 0.29) is 11.3 Å². The van der Waals surface area contributed by atoms with Crippen LogP contribution in [-0.4, -0.2) is 5.91 Å². The van der Waals surface area contributed by atoms with Gasteiger partial charge in [-0.15, -0.1) is 0 Å². The summed E-state index contributed by atoms with van der Waals surface area (Å²) in [5, 5.41) is 3.76. The van der Waals surface area contributed by atoms with E-state index in [1.165, 1.54) is 5.56 Å². The van der Waals surface area contributed by atoms with E-state index in [0.29, 0.717) is 28.0 Å². The van der Waals surface area contributed by atoms with Crippen LogP contribution in [0, 0.1) is 0 Å². The predicted octanol–water partition coefficient (Wildman–Crippen LogP) is 6.01. The number of hydrogen-bond acceptors (Lipinski definition) is 3. The maximum atomic E-state index is 12.7. The van der Waals surface area contributed by atoms with Gasteiger partial charge in [0.15, 0.2) is 0 Å². The maximum Gasteiger partial charge on any atom is 0.344 e. The standard InChI is InChI=1S/C26H23NO3/c1-26(2,3)20-13-11-17(12-14-20)24(28)27-21-9-6-8-18(15-21)22-16-19-7-4-5-10-23(19)30-25(22)29/h4-16H,1-3H3,(H,27,28). The summed E-state index contributed by atoms with van der Waals surface area (Å²) in [7, 11) is 0. The van der Waals surface area contributed by atoms with Crippen LogP contribution in [0.1, 0.15) is 36.7 Å². The highest BCUT2D eigenvalue weighted by Gasteiger charge is 2.15. The normalized spacial score (nSPS) is 11.4. The van der Waals surface area contributed by atoms with E-state index < -0.39 is 5.63 Å². The third kappa shape index (κ3) is 4.03. The number of hydrogen-bond donors (Lipinski definition) is 1. The maximum absolute atomic E-state index is 12.7. The highest BCUT2D eigenvalue weighted by molar-refractivity contribution is 6.04. The average molecular weight is 397 g/mol. The number of nitrogens with one attached hydrogen (secondary N) is 1. The second-order valence-corrected chi connectivity index (χ2v) is 8.35. The first-order valence-electron chi connectivity index (χ1n) is 9.86. The van der Waals surface area contributed by atoms with Gasteiger partial charge in [-0.1, -0.05) is 63.2 Å². The molecule has 1 heterocycles. The Morgan fingerprint density at radius 2 is 1.60 bits per heavy atom. The van der Waals surface area contributed by atoms with E-state index in [1.807, 2.05) is 60.7 Å². The lowest BCUT2D eigenvalue weighted by Crippen LogP contribution is -2.14. The van der Waals surface area contributed by atoms with E-state index in [1.54, 1.807) is 18.2 Å². The topological polar surface area (TPSA) is 59.3 Å². The molecule has 4 nitrogen and oxygen atoms in total. The van der Waals surface area contributed by atoms with Crippen molar-refractivity contribution in [2.45, 2.75) is 26.2 Å². The molecular weight excluding hydrogens is 374 g/mol. The van der Waals surface area contributed by atoms with E-state index in [2.05, 4.69) is 26.1 Å². The summed E-state index contributed by atoms with van der Waals surface area (Å²) in [6.07, 6.45) is 0. The van der Waals surface area contributed by atoms with Crippen molar-refractivity contribution in [1.82, 2.24) is 0 Å². The Morgan fingerprint density at radius 3 is 2.33 bits per heavy atom. The Morgan fingerprint density at radius 1 is 0.867 bits per heavy atom. The van der Waals surface area contributed by atoms with Crippen LogP contribution in [0.25, 0.3) is 22.1 Å². The molecule has 4 rings (SSSR count). The molecule has 0 aliphatic heterocycles. The minimum absolute atomic E-state index is 0.0320. The fraction of sp³-hybridized carbons (Fsp3) is 0.154. The summed E-state index contributed by atoms with van der Waals surface area (Å²) in [5.41, 5.74) is 3.69. The zero-order chi connectivity index (χ0) is 21.3. The number of carbonyl (C=O) groups is 1. The van der Waals surface area contributed by atoms with Crippen LogP contribution in [0.5, 0.6) is 0 Å². The lowest BCUT2D eigenvalue weighted by Gasteiger charge is -2.19. The van der Waals surface area contributed by atoms with Gasteiger partial charge in [0.05, 0.1) is 5.56 Å². The van der Waals surface area contributed by atoms with Gasteiger partial charge >= 0.3 is 5.63 Å².